The number of anilines is 2. The first-order chi connectivity index (χ1) is 9.69. The van der Waals surface area contributed by atoms with Crippen LogP contribution in [0.5, 0.6) is 0 Å². The largest absolute Gasteiger partial charge is 0.326 e. The topological polar surface area (TPSA) is 70.2 Å². The molecule has 1 aromatic rings. The second-order valence-electron chi connectivity index (χ2n) is 5.07. The molecule has 0 spiro atoms. The minimum atomic E-state index is -0.0618. The SMILES string of the molecule is CCCNCC(=O)Nc1ccc(NC(=O)C2CC2)cc1. The molecule has 1 aromatic carbocycles. The van der Waals surface area contributed by atoms with Crippen LogP contribution < -0.4 is 16.0 Å². The molecule has 1 fully saturated rings. The monoisotopic (exact) mass is 275 g/mol. The zero-order chi connectivity index (χ0) is 14.4. The Morgan fingerprint density at radius 2 is 1.70 bits per heavy atom. The van der Waals surface area contributed by atoms with Crippen molar-refractivity contribution in [3.63, 3.8) is 0 Å². The Morgan fingerprint density at radius 3 is 2.25 bits per heavy atom. The molecule has 2 amide bonds. The first-order valence-corrected chi connectivity index (χ1v) is 7.10. The van der Waals surface area contributed by atoms with Crippen LogP contribution in [-0.2, 0) is 9.59 Å². The number of amides is 2. The summed E-state index contributed by atoms with van der Waals surface area (Å²) < 4.78 is 0. The smallest absolute Gasteiger partial charge is 0.238 e. The Kier molecular flexibility index (Phi) is 5.12. The highest BCUT2D eigenvalue weighted by atomic mass is 16.2. The molecule has 0 aliphatic heterocycles. The molecule has 0 bridgehead atoms. The van der Waals surface area contributed by atoms with Crippen LogP contribution in [0.4, 0.5) is 11.4 Å². The minimum absolute atomic E-state index is 0.0618. The van der Waals surface area contributed by atoms with Crippen LogP contribution in [0.3, 0.4) is 0 Å². The molecule has 1 saturated carbocycles. The van der Waals surface area contributed by atoms with Crippen molar-refractivity contribution >= 4 is 23.2 Å². The molecule has 2 rings (SSSR count). The van der Waals surface area contributed by atoms with Crippen molar-refractivity contribution in [2.45, 2.75) is 26.2 Å². The van der Waals surface area contributed by atoms with Gasteiger partial charge in [0, 0.05) is 17.3 Å². The summed E-state index contributed by atoms with van der Waals surface area (Å²) in [5.74, 6) is 0.220. The Balaban J connectivity index is 1.78. The highest BCUT2D eigenvalue weighted by Crippen LogP contribution is 2.30. The van der Waals surface area contributed by atoms with Crippen LogP contribution in [0.2, 0.25) is 0 Å². The number of benzene rings is 1. The Bertz CT molecular complexity index is 467. The molecular weight excluding hydrogens is 254 g/mol. The summed E-state index contributed by atoms with van der Waals surface area (Å²) in [5.41, 5.74) is 1.50. The van der Waals surface area contributed by atoms with E-state index in [-0.39, 0.29) is 17.7 Å². The lowest BCUT2D eigenvalue weighted by molar-refractivity contribution is -0.117. The van der Waals surface area contributed by atoms with Gasteiger partial charge in [-0.05, 0) is 50.1 Å². The molecule has 0 atom stereocenters. The van der Waals surface area contributed by atoms with Gasteiger partial charge in [0.05, 0.1) is 6.54 Å². The Hall–Kier alpha value is -1.88. The highest BCUT2D eigenvalue weighted by molar-refractivity contribution is 5.95. The van der Waals surface area contributed by atoms with E-state index in [0.717, 1.165) is 37.2 Å². The predicted molar refractivity (Wildman–Crippen MR) is 79.6 cm³/mol. The van der Waals surface area contributed by atoms with Crippen LogP contribution >= 0.6 is 0 Å². The van der Waals surface area contributed by atoms with Gasteiger partial charge in [-0.25, -0.2) is 0 Å². The summed E-state index contributed by atoms with van der Waals surface area (Å²) in [6.45, 7) is 3.20. The number of hydrogen-bond acceptors (Lipinski definition) is 3. The second-order valence-corrected chi connectivity index (χ2v) is 5.07. The molecule has 0 heterocycles. The summed E-state index contributed by atoms with van der Waals surface area (Å²) in [5, 5.41) is 8.71. The lowest BCUT2D eigenvalue weighted by Crippen LogP contribution is -2.28. The van der Waals surface area contributed by atoms with Gasteiger partial charge in [-0.15, -0.1) is 0 Å². The van der Waals surface area contributed by atoms with Crippen LogP contribution in [-0.4, -0.2) is 24.9 Å². The first-order valence-electron chi connectivity index (χ1n) is 7.10. The minimum Gasteiger partial charge on any atom is -0.326 e. The fourth-order valence-corrected chi connectivity index (χ4v) is 1.81. The van der Waals surface area contributed by atoms with Gasteiger partial charge in [-0.2, -0.15) is 0 Å². The number of nitrogens with one attached hydrogen (secondary N) is 3. The molecule has 108 valence electrons. The number of rotatable bonds is 7. The van der Waals surface area contributed by atoms with Crippen LogP contribution in [0.1, 0.15) is 26.2 Å². The molecular formula is C15H21N3O2. The third-order valence-corrected chi connectivity index (χ3v) is 3.10. The van der Waals surface area contributed by atoms with Gasteiger partial charge in [0.2, 0.25) is 11.8 Å². The van der Waals surface area contributed by atoms with Crippen molar-refractivity contribution < 1.29 is 9.59 Å². The van der Waals surface area contributed by atoms with Gasteiger partial charge in [0.1, 0.15) is 0 Å². The molecule has 5 nitrogen and oxygen atoms in total. The lowest BCUT2D eigenvalue weighted by atomic mass is 10.2. The summed E-state index contributed by atoms with van der Waals surface area (Å²) in [6.07, 6.45) is 2.98. The first kappa shape index (κ1) is 14.5. The van der Waals surface area contributed by atoms with Gasteiger partial charge < -0.3 is 16.0 Å². The molecule has 0 unspecified atom stereocenters. The summed E-state index contributed by atoms with van der Waals surface area (Å²) >= 11 is 0. The van der Waals surface area contributed by atoms with Crippen LogP contribution in [0, 0.1) is 5.92 Å². The van der Waals surface area contributed by atoms with Gasteiger partial charge in [-0.1, -0.05) is 6.92 Å². The third kappa shape index (κ3) is 4.66. The molecule has 1 aliphatic carbocycles. The normalized spacial score (nSPS) is 13.8. The summed E-state index contributed by atoms with van der Waals surface area (Å²) in [4.78, 5) is 23.2. The standard InChI is InChI=1S/C15H21N3O2/c1-2-9-16-10-14(19)17-12-5-7-13(8-6-12)18-15(20)11-3-4-11/h5-8,11,16H,2-4,9-10H2,1H3,(H,17,19)(H,18,20). The van der Waals surface area contributed by atoms with Crippen molar-refractivity contribution in [1.82, 2.24) is 5.32 Å². The van der Waals surface area contributed by atoms with E-state index >= 15 is 0 Å². The highest BCUT2D eigenvalue weighted by Gasteiger charge is 2.29. The second kappa shape index (κ2) is 7.05. The zero-order valence-electron chi connectivity index (χ0n) is 11.7. The van der Waals surface area contributed by atoms with E-state index < -0.39 is 0 Å². The van der Waals surface area contributed by atoms with E-state index in [0.29, 0.717) is 6.54 Å². The van der Waals surface area contributed by atoms with Crippen LogP contribution in [0.15, 0.2) is 24.3 Å². The fourth-order valence-electron chi connectivity index (χ4n) is 1.81. The van der Waals surface area contributed by atoms with E-state index in [1.807, 2.05) is 0 Å². The van der Waals surface area contributed by atoms with E-state index in [1.54, 1.807) is 24.3 Å². The maximum Gasteiger partial charge on any atom is 0.238 e. The number of hydrogen-bond donors (Lipinski definition) is 3. The number of carbonyl (C=O) groups excluding carboxylic acids is 2. The molecule has 0 radical (unpaired) electrons. The molecule has 1 aliphatic rings. The van der Waals surface area contributed by atoms with Crippen molar-refractivity contribution in [3.8, 4) is 0 Å². The summed E-state index contributed by atoms with van der Waals surface area (Å²) in [7, 11) is 0. The van der Waals surface area contributed by atoms with E-state index in [1.165, 1.54) is 0 Å². The molecule has 0 aromatic heterocycles. The third-order valence-electron chi connectivity index (χ3n) is 3.10. The maximum atomic E-state index is 11.6. The summed E-state index contributed by atoms with van der Waals surface area (Å²) in [6, 6.07) is 7.19. The zero-order valence-corrected chi connectivity index (χ0v) is 11.7. The van der Waals surface area contributed by atoms with Crippen LogP contribution in [0.25, 0.3) is 0 Å². The van der Waals surface area contributed by atoms with Crippen molar-refractivity contribution in [3.05, 3.63) is 24.3 Å². The Morgan fingerprint density at radius 1 is 1.10 bits per heavy atom. The van der Waals surface area contributed by atoms with Gasteiger partial charge in [0.15, 0.2) is 0 Å². The van der Waals surface area contributed by atoms with E-state index in [4.69, 9.17) is 0 Å². The molecule has 5 heteroatoms. The molecule has 3 N–H and O–H groups in total. The number of carbonyl (C=O) groups is 2. The average molecular weight is 275 g/mol. The van der Waals surface area contributed by atoms with Gasteiger partial charge in [0.25, 0.3) is 0 Å². The lowest BCUT2D eigenvalue weighted by Gasteiger charge is -2.08. The quantitative estimate of drug-likeness (QED) is 0.666. The average Bonchev–Trinajstić information content (AvgIpc) is 3.26. The van der Waals surface area contributed by atoms with E-state index in [2.05, 4.69) is 22.9 Å². The Labute approximate surface area is 119 Å². The molecule has 20 heavy (non-hydrogen) atoms. The van der Waals surface area contributed by atoms with Crippen molar-refractivity contribution in [2.24, 2.45) is 5.92 Å². The fraction of sp³-hybridized carbons (Fsp3) is 0.467. The van der Waals surface area contributed by atoms with Crippen molar-refractivity contribution in [2.75, 3.05) is 23.7 Å². The van der Waals surface area contributed by atoms with Crippen molar-refractivity contribution in [1.29, 1.82) is 0 Å². The predicted octanol–water partition coefficient (Wildman–Crippen LogP) is 1.97. The van der Waals surface area contributed by atoms with Gasteiger partial charge in [-0.3, -0.25) is 9.59 Å². The molecule has 0 saturated heterocycles. The maximum absolute atomic E-state index is 11.6. The van der Waals surface area contributed by atoms with E-state index in [9.17, 15) is 9.59 Å². The van der Waals surface area contributed by atoms with Gasteiger partial charge >= 0.3 is 0 Å².